The molecule has 2 aromatic heterocycles. The Bertz CT molecular complexity index is 1590. The second kappa shape index (κ2) is 11.0. The maximum Gasteiger partial charge on any atom is 0.338 e. The first kappa shape index (κ1) is 26.6. The molecule has 1 amide bonds. The average Bonchev–Trinajstić information content (AvgIpc) is 3.44. The van der Waals surface area contributed by atoms with Crippen LogP contribution in [0.1, 0.15) is 72.1 Å². The van der Waals surface area contributed by atoms with Crippen LogP contribution in [0.3, 0.4) is 0 Å². The summed E-state index contributed by atoms with van der Waals surface area (Å²) in [4.78, 5) is 31.9. The number of fused-ring (bicyclic) bond motifs is 1. The normalized spacial score (nSPS) is 12.9. The number of hydrogen-bond acceptors (Lipinski definition) is 5. The third kappa shape index (κ3) is 5.19. The number of ether oxygens (including phenoxy) is 1. The number of nitrogens with zero attached hydrogens (tertiary/aromatic N) is 2. The first-order chi connectivity index (χ1) is 18.8. The Morgan fingerprint density at radius 1 is 1.03 bits per heavy atom. The molecule has 0 atom stereocenters. The summed E-state index contributed by atoms with van der Waals surface area (Å²) in [6.07, 6.45) is 5.98. The van der Waals surface area contributed by atoms with Gasteiger partial charge in [-0.15, -0.1) is 11.3 Å². The Labute approximate surface area is 233 Å². The van der Waals surface area contributed by atoms with Crippen molar-refractivity contribution in [3.05, 3.63) is 98.2 Å². The van der Waals surface area contributed by atoms with Crippen LogP contribution in [0.25, 0.3) is 5.69 Å². The van der Waals surface area contributed by atoms with Crippen molar-refractivity contribution in [1.82, 2.24) is 4.57 Å². The Balaban J connectivity index is 1.50. The lowest BCUT2D eigenvalue weighted by molar-refractivity contribution is 0.0599. The second-order valence-electron chi connectivity index (χ2n) is 10.1. The topological polar surface area (TPSA) is 72.7 Å². The Kier molecular flexibility index (Phi) is 7.53. The van der Waals surface area contributed by atoms with Crippen LogP contribution < -0.4 is 5.32 Å². The fourth-order valence-electron chi connectivity index (χ4n) is 5.32. The predicted octanol–water partition coefficient (Wildman–Crippen LogP) is 7.44. The number of benzene rings is 2. The molecule has 6 nitrogen and oxygen atoms in total. The molecule has 5 rings (SSSR count). The van der Waals surface area contributed by atoms with Crippen molar-refractivity contribution in [2.75, 3.05) is 12.4 Å². The molecule has 0 saturated heterocycles. The van der Waals surface area contributed by atoms with Gasteiger partial charge in [-0.05, 0) is 94.8 Å². The number of amides is 1. The number of rotatable bonds is 6. The quantitative estimate of drug-likeness (QED) is 0.204. The minimum atomic E-state index is -0.350. The van der Waals surface area contributed by atoms with Gasteiger partial charge in [0, 0.05) is 39.4 Å². The van der Waals surface area contributed by atoms with E-state index in [1.807, 2.05) is 70.3 Å². The fraction of sp³-hybridized carbons (Fsp3) is 0.281. The van der Waals surface area contributed by atoms with E-state index in [-0.39, 0.29) is 11.9 Å². The van der Waals surface area contributed by atoms with Gasteiger partial charge in [-0.3, -0.25) is 4.79 Å². The van der Waals surface area contributed by atoms with Crippen LogP contribution >= 0.6 is 11.3 Å². The highest BCUT2D eigenvalue weighted by Gasteiger charge is 2.25. The molecule has 2 aromatic carbocycles. The van der Waals surface area contributed by atoms with Gasteiger partial charge in [0.05, 0.1) is 18.2 Å². The van der Waals surface area contributed by atoms with Crippen LogP contribution in [0.4, 0.5) is 10.7 Å². The molecule has 0 spiro atoms. The number of nitrogens with one attached hydrogen (secondary N) is 1. The van der Waals surface area contributed by atoms with Crippen molar-refractivity contribution in [1.29, 1.82) is 0 Å². The number of aromatic nitrogens is 1. The van der Waals surface area contributed by atoms with Crippen molar-refractivity contribution in [2.45, 2.75) is 53.4 Å². The van der Waals surface area contributed by atoms with E-state index in [1.165, 1.54) is 12.0 Å². The number of thiophene rings is 1. The molecular formula is C32H33N3O3S. The van der Waals surface area contributed by atoms with Crippen LogP contribution in [-0.2, 0) is 17.6 Å². The van der Waals surface area contributed by atoms with Gasteiger partial charge in [0.1, 0.15) is 5.00 Å². The maximum absolute atomic E-state index is 13.5. The van der Waals surface area contributed by atoms with Crippen molar-refractivity contribution in [2.24, 2.45) is 4.99 Å². The lowest BCUT2D eigenvalue weighted by Gasteiger charge is -2.15. The van der Waals surface area contributed by atoms with Crippen LogP contribution in [0.5, 0.6) is 0 Å². The Hall–Kier alpha value is -3.97. The van der Waals surface area contributed by atoms with E-state index in [2.05, 4.69) is 16.0 Å². The summed E-state index contributed by atoms with van der Waals surface area (Å²) in [5.74, 6) is -0.456. The molecular weight excluding hydrogens is 506 g/mol. The van der Waals surface area contributed by atoms with E-state index in [0.717, 1.165) is 75.7 Å². The van der Waals surface area contributed by atoms with Gasteiger partial charge in [0.15, 0.2) is 0 Å². The number of aliphatic imine (C=N–C) groups is 1. The molecule has 1 aliphatic carbocycles. The zero-order chi connectivity index (χ0) is 27.7. The molecule has 1 aliphatic rings. The van der Waals surface area contributed by atoms with Crippen LogP contribution in [0, 0.1) is 27.7 Å². The van der Waals surface area contributed by atoms with Gasteiger partial charge >= 0.3 is 5.97 Å². The molecule has 0 saturated carbocycles. The number of esters is 1. The van der Waals surface area contributed by atoms with Gasteiger partial charge in [0.2, 0.25) is 0 Å². The van der Waals surface area contributed by atoms with Crippen molar-refractivity contribution in [3.63, 3.8) is 0 Å². The summed E-state index contributed by atoms with van der Waals surface area (Å²) in [5.41, 5.74) is 9.10. The maximum atomic E-state index is 13.5. The molecule has 7 heteroatoms. The smallest absolute Gasteiger partial charge is 0.338 e. The average molecular weight is 540 g/mol. The van der Waals surface area contributed by atoms with Gasteiger partial charge in [-0.2, -0.15) is 0 Å². The summed E-state index contributed by atoms with van der Waals surface area (Å²) in [6.45, 7) is 8.05. The lowest BCUT2D eigenvalue weighted by Crippen LogP contribution is -2.14. The molecule has 0 fully saturated rings. The van der Waals surface area contributed by atoms with E-state index in [9.17, 15) is 9.59 Å². The molecule has 0 radical (unpaired) electrons. The molecule has 39 heavy (non-hydrogen) atoms. The van der Waals surface area contributed by atoms with E-state index in [0.29, 0.717) is 11.1 Å². The van der Waals surface area contributed by atoms with Gasteiger partial charge in [-0.1, -0.05) is 23.8 Å². The predicted molar refractivity (Wildman–Crippen MR) is 159 cm³/mol. The third-order valence-electron chi connectivity index (χ3n) is 7.43. The summed E-state index contributed by atoms with van der Waals surface area (Å²) < 4.78 is 7.10. The summed E-state index contributed by atoms with van der Waals surface area (Å²) >= 11 is 1.63. The van der Waals surface area contributed by atoms with Gasteiger partial charge in [0.25, 0.3) is 5.91 Å². The summed E-state index contributed by atoms with van der Waals surface area (Å²) in [6, 6.07) is 15.6. The first-order valence-electron chi connectivity index (χ1n) is 13.2. The number of carbonyl (C=O) groups excluding carboxylic acids is 2. The molecule has 200 valence electrons. The van der Waals surface area contributed by atoms with Gasteiger partial charge < -0.3 is 14.6 Å². The molecule has 0 aliphatic heterocycles. The summed E-state index contributed by atoms with van der Waals surface area (Å²) in [7, 11) is 1.40. The number of anilines is 1. The second-order valence-corrected chi connectivity index (χ2v) is 11.2. The monoisotopic (exact) mass is 539 g/mol. The highest BCUT2D eigenvalue weighted by molar-refractivity contribution is 7.16. The van der Waals surface area contributed by atoms with Crippen molar-refractivity contribution >= 4 is 40.1 Å². The third-order valence-corrected chi connectivity index (χ3v) is 8.63. The lowest BCUT2D eigenvalue weighted by atomic mass is 9.95. The Morgan fingerprint density at radius 3 is 2.51 bits per heavy atom. The standard InChI is InChI=1S/C32H33N3O3S/c1-19-13-15-24(16-14-19)34-30(36)29-26-9-6-7-12-28(26)39-31(29)33-18-23-17-20(2)35(22(23)4)27-11-8-10-25(21(27)3)32(37)38-5/h8,10-11,13-18H,6-7,9,12H2,1-5H3,(H,34,36). The Morgan fingerprint density at radius 2 is 1.77 bits per heavy atom. The number of hydrogen-bond donors (Lipinski definition) is 1. The molecule has 2 heterocycles. The molecule has 0 unspecified atom stereocenters. The van der Waals surface area contributed by atoms with Crippen molar-refractivity contribution in [3.8, 4) is 5.69 Å². The summed E-state index contributed by atoms with van der Waals surface area (Å²) in [5, 5.41) is 3.83. The highest BCUT2D eigenvalue weighted by Crippen LogP contribution is 2.40. The fourth-order valence-corrected chi connectivity index (χ4v) is 6.55. The van der Waals surface area contributed by atoms with Crippen LogP contribution in [0.2, 0.25) is 0 Å². The van der Waals surface area contributed by atoms with E-state index in [1.54, 1.807) is 17.4 Å². The molecule has 0 bridgehead atoms. The van der Waals surface area contributed by atoms with Gasteiger partial charge in [-0.25, -0.2) is 9.79 Å². The van der Waals surface area contributed by atoms with Crippen LogP contribution in [-0.4, -0.2) is 29.8 Å². The van der Waals surface area contributed by atoms with Crippen molar-refractivity contribution < 1.29 is 14.3 Å². The molecule has 4 aromatic rings. The number of carbonyl (C=O) groups is 2. The number of methoxy groups -OCH3 is 1. The minimum Gasteiger partial charge on any atom is -0.465 e. The zero-order valence-corrected chi connectivity index (χ0v) is 23.9. The minimum absolute atomic E-state index is 0.105. The highest BCUT2D eigenvalue weighted by atomic mass is 32.1. The largest absolute Gasteiger partial charge is 0.465 e. The first-order valence-corrected chi connectivity index (χ1v) is 14.0. The van der Waals surface area contributed by atoms with E-state index >= 15 is 0 Å². The zero-order valence-electron chi connectivity index (χ0n) is 23.1. The number of aryl methyl sites for hydroxylation is 3. The van der Waals surface area contributed by atoms with Crippen LogP contribution in [0.15, 0.2) is 53.5 Å². The molecule has 1 N–H and O–H groups in total. The SMILES string of the molecule is COC(=O)c1cccc(-n2c(C)cc(C=Nc3sc4c(c3C(=O)Nc3ccc(C)cc3)CCCC4)c2C)c1C. The van der Waals surface area contributed by atoms with E-state index in [4.69, 9.17) is 9.73 Å². The van der Waals surface area contributed by atoms with E-state index < -0.39 is 0 Å².